The molecule has 5 nitrogen and oxygen atoms in total. The molecule has 0 spiro atoms. The quantitative estimate of drug-likeness (QED) is 0.887. The SMILES string of the molecule is CCc1noc(COc2ccc(Cl)cc2C(C)NC)n1. The molecule has 1 aromatic carbocycles. The van der Waals surface area contributed by atoms with Gasteiger partial charge in [0, 0.05) is 23.0 Å². The van der Waals surface area contributed by atoms with Gasteiger partial charge in [0.15, 0.2) is 12.4 Å². The van der Waals surface area contributed by atoms with Gasteiger partial charge in [0.2, 0.25) is 0 Å². The van der Waals surface area contributed by atoms with E-state index in [0.29, 0.717) is 16.7 Å². The van der Waals surface area contributed by atoms with Crippen LogP contribution in [-0.4, -0.2) is 17.2 Å². The average Bonchev–Trinajstić information content (AvgIpc) is 2.93. The van der Waals surface area contributed by atoms with Crippen molar-refractivity contribution in [2.24, 2.45) is 0 Å². The third-order valence-electron chi connectivity index (χ3n) is 3.05. The number of aromatic nitrogens is 2. The lowest BCUT2D eigenvalue weighted by atomic mass is 10.1. The van der Waals surface area contributed by atoms with Gasteiger partial charge >= 0.3 is 0 Å². The Bertz CT molecular complexity index is 571. The molecule has 0 fully saturated rings. The molecule has 0 saturated carbocycles. The van der Waals surface area contributed by atoms with Crippen LogP contribution < -0.4 is 10.1 Å². The van der Waals surface area contributed by atoms with Gasteiger partial charge in [0.1, 0.15) is 5.75 Å². The first-order chi connectivity index (χ1) is 9.63. The summed E-state index contributed by atoms with van der Waals surface area (Å²) >= 11 is 6.03. The monoisotopic (exact) mass is 295 g/mol. The third kappa shape index (κ3) is 3.49. The van der Waals surface area contributed by atoms with E-state index in [0.717, 1.165) is 17.7 Å². The summed E-state index contributed by atoms with van der Waals surface area (Å²) in [4.78, 5) is 4.21. The van der Waals surface area contributed by atoms with Gasteiger partial charge in [-0.2, -0.15) is 4.98 Å². The maximum Gasteiger partial charge on any atom is 0.264 e. The zero-order chi connectivity index (χ0) is 14.5. The second-order valence-electron chi connectivity index (χ2n) is 4.44. The predicted molar refractivity (Wildman–Crippen MR) is 76.9 cm³/mol. The summed E-state index contributed by atoms with van der Waals surface area (Å²) in [5.41, 5.74) is 0.996. The number of ether oxygens (including phenoxy) is 1. The first-order valence-electron chi connectivity index (χ1n) is 6.55. The predicted octanol–water partition coefficient (Wildman–Crippen LogP) is 3.14. The van der Waals surface area contributed by atoms with E-state index in [2.05, 4.69) is 15.5 Å². The first kappa shape index (κ1) is 14.8. The van der Waals surface area contributed by atoms with Gasteiger partial charge in [-0.05, 0) is 32.2 Å². The third-order valence-corrected chi connectivity index (χ3v) is 3.28. The number of hydrogen-bond acceptors (Lipinski definition) is 5. The lowest BCUT2D eigenvalue weighted by Crippen LogP contribution is -2.13. The van der Waals surface area contributed by atoms with E-state index in [1.807, 2.05) is 33.0 Å². The average molecular weight is 296 g/mol. The van der Waals surface area contributed by atoms with Crippen molar-refractivity contribution in [2.45, 2.75) is 32.9 Å². The normalized spacial score (nSPS) is 12.4. The van der Waals surface area contributed by atoms with Crippen molar-refractivity contribution < 1.29 is 9.26 Å². The Balaban J connectivity index is 2.12. The van der Waals surface area contributed by atoms with Crippen molar-refractivity contribution in [3.05, 3.63) is 40.5 Å². The molecule has 1 heterocycles. The Morgan fingerprint density at radius 2 is 2.25 bits per heavy atom. The van der Waals surface area contributed by atoms with E-state index in [-0.39, 0.29) is 12.6 Å². The number of rotatable bonds is 6. The van der Waals surface area contributed by atoms with Crippen molar-refractivity contribution in [2.75, 3.05) is 7.05 Å². The van der Waals surface area contributed by atoms with Crippen molar-refractivity contribution in [3.63, 3.8) is 0 Å². The molecular formula is C14H18ClN3O2. The van der Waals surface area contributed by atoms with Crippen LogP contribution in [0.3, 0.4) is 0 Å². The summed E-state index contributed by atoms with van der Waals surface area (Å²) < 4.78 is 10.9. The van der Waals surface area contributed by atoms with E-state index in [1.54, 1.807) is 6.07 Å². The highest BCUT2D eigenvalue weighted by Gasteiger charge is 2.12. The number of hydrogen-bond donors (Lipinski definition) is 1. The fourth-order valence-corrected chi connectivity index (χ4v) is 1.96. The fraction of sp³-hybridized carbons (Fsp3) is 0.429. The van der Waals surface area contributed by atoms with Crippen LogP contribution in [0.4, 0.5) is 0 Å². The molecule has 6 heteroatoms. The van der Waals surface area contributed by atoms with E-state index in [9.17, 15) is 0 Å². The van der Waals surface area contributed by atoms with E-state index in [1.165, 1.54) is 0 Å². The molecule has 1 unspecified atom stereocenters. The lowest BCUT2D eigenvalue weighted by molar-refractivity contribution is 0.239. The molecule has 1 aromatic heterocycles. The second kappa shape index (κ2) is 6.72. The molecule has 0 saturated heterocycles. The molecule has 1 N–H and O–H groups in total. The van der Waals surface area contributed by atoms with Gasteiger partial charge in [0.25, 0.3) is 5.89 Å². The molecule has 20 heavy (non-hydrogen) atoms. The Kier molecular flexibility index (Phi) is 4.98. The van der Waals surface area contributed by atoms with Crippen LogP contribution in [-0.2, 0) is 13.0 Å². The Morgan fingerprint density at radius 3 is 2.90 bits per heavy atom. The highest BCUT2D eigenvalue weighted by atomic mass is 35.5. The Morgan fingerprint density at radius 1 is 1.45 bits per heavy atom. The maximum absolute atomic E-state index is 6.03. The molecule has 0 aliphatic carbocycles. The molecule has 1 atom stereocenters. The molecule has 0 aliphatic rings. The molecular weight excluding hydrogens is 278 g/mol. The molecule has 0 radical (unpaired) electrons. The second-order valence-corrected chi connectivity index (χ2v) is 4.88. The van der Waals surface area contributed by atoms with Gasteiger partial charge in [-0.1, -0.05) is 23.7 Å². The fourth-order valence-electron chi connectivity index (χ4n) is 1.78. The van der Waals surface area contributed by atoms with Gasteiger partial charge in [0.05, 0.1) is 0 Å². The smallest absolute Gasteiger partial charge is 0.264 e. The number of benzene rings is 1. The summed E-state index contributed by atoms with van der Waals surface area (Å²) in [6.45, 7) is 4.26. The minimum Gasteiger partial charge on any atom is -0.483 e. The van der Waals surface area contributed by atoms with Crippen LogP contribution in [0.15, 0.2) is 22.7 Å². The Hall–Kier alpha value is -1.59. The van der Waals surface area contributed by atoms with Gasteiger partial charge in [-0.25, -0.2) is 0 Å². The van der Waals surface area contributed by atoms with Crippen LogP contribution in [0.1, 0.15) is 37.2 Å². The van der Waals surface area contributed by atoms with E-state index < -0.39 is 0 Å². The summed E-state index contributed by atoms with van der Waals surface area (Å²) in [7, 11) is 1.89. The molecule has 0 bridgehead atoms. The molecule has 0 amide bonds. The van der Waals surface area contributed by atoms with Crippen molar-refractivity contribution in [3.8, 4) is 5.75 Å². The molecule has 2 aromatic rings. The van der Waals surface area contributed by atoms with Crippen LogP contribution in [0.25, 0.3) is 0 Å². The molecule has 2 rings (SSSR count). The zero-order valence-electron chi connectivity index (χ0n) is 11.8. The number of nitrogens with one attached hydrogen (secondary N) is 1. The first-order valence-corrected chi connectivity index (χ1v) is 6.92. The Labute approximate surface area is 123 Å². The minimum atomic E-state index is 0.137. The summed E-state index contributed by atoms with van der Waals surface area (Å²) in [5, 5.41) is 7.69. The van der Waals surface area contributed by atoms with Crippen LogP contribution in [0.5, 0.6) is 5.75 Å². The number of halogens is 1. The molecule has 0 aliphatic heterocycles. The van der Waals surface area contributed by atoms with Gasteiger partial charge in [-0.15, -0.1) is 0 Å². The number of aryl methyl sites for hydroxylation is 1. The van der Waals surface area contributed by atoms with Crippen molar-refractivity contribution in [1.29, 1.82) is 0 Å². The largest absolute Gasteiger partial charge is 0.483 e. The highest BCUT2D eigenvalue weighted by Crippen LogP contribution is 2.28. The van der Waals surface area contributed by atoms with Crippen LogP contribution in [0, 0.1) is 0 Å². The van der Waals surface area contributed by atoms with Gasteiger partial charge in [-0.3, -0.25) is 0 Å². The van der Waals surface area contributed by atoms with Crippen molar-refractivity contribution >= 4 is 11.6 Å². The topological polar surface area (TPSA) is 60.2 Å². The standard InChI is InChI=1S/C14H18ClN3O2/c1-4-13-17-14(20-18-13)8-19-12-6-5-10(15)7-11(12)9(2)16-3/h5-7,9,16H,4,8H2,1-3H3. The highest BCUT2D eigenvalue weighted by molar-refractivity contribution is 6.30. The summed E-state index contributed by atoms with van der Waals surface area (Å²) in [6.07, 6.45) is 0.743. The zero-order valence-corrected chi connectivity index (χ0v) is 12.6. The lowest BCUT2D eigenvalue weighted by Gasteiger charge is -2.16. The number of nitrogens with zero attached hydrogens (tertiary/aromatic N) is 2. The van der Waals surface area contributed by atoms with Crippen LogP contribution >= 0.6 is 11.6 Å². The van der Waals surface area contributed by atoms with E-state index in [4.69, 9.17) is 20.9 Å². The van der Waals surface area contributed by atoms with Gasteiger partial charge < -0.3 is 14.6 Å². The maximum atomic E-state index is 6.03. The van der Waals surface area contributed by atoms with Crippen LogP contribution in [0.2, 0.25) is 5.02 Å². The summed E-state index contributed by atoms with van der Waals surface area (Å²) in [5.74, 6) is 1.91. The summed E-state index contributed by atoms with van der Waals surface area (Å²) in [6, 6.07) is 5.68. The minimum absolute atomic E-state index is 0.137. The van der Waals surface area contributed by atoms with Crippen molar-refractivity contribution in [1.82, 2.24) is 15.5 Å². The molecule has 108 valence electrons. The van der Waals surface area contributed by atoms with E-state index >= 15 is 0 Å².